The molecule has 21 heavy (non-hydrogen) atoms. The highest BCUT2D eigenvalue weighted by Crippen LogP contribution is 2.16. The van der Waals surface area contributed by atoms with Gasteiger partial charge in [0.15, 0.2) is 0 Å². The lowest BCUT2D eigenvalue weighted by molar-refractivity contribution is 0.431. The zero-order chi connectivity index (χ0) is 15.6. The van der Waals surface area contributed by atoms with Gasteiger partial charge in [-0.3, -0.25) is 5.10 Å². The second kappa shape index (κ2) is 5.94. The van der Waals surface area contributed by atoms with Crippen molar-refractivity contribution in [3.05, 3.63) is 23.2 Å². The first-order chi connectivity index (χ1) is 9.81. The average molecular weight is 313 g/mol. The molecule has 0 amide bonds. The Morgan fingerprint density at radius 3 is 2.52 bits per heavy atom. The van der Waals surface area contributed by atoms with E-state index in [1.54, 1.807) is 13.8 Å². The lowest BCUT2D eigenvalue weighted by atomic mass is 10.2. The van der Waals surface area contributed by atoms with Crippen molar-refractivity contribution in [3.63, 3.8) is 0 Å². The number of nitrogens with one attached hydrogen (secondary N) is 2. The smallest absolute Gasteiger partial charge is 0.244 e. The van der Waals surface area contributed by atoms with Crippen molar-refractivity contribution in [3.8, 4) is 0 Å². The van der Waals surface area contributed by atoms with Crippen LogP contribution in [0.15, 0.2) is 9.31 Å². The highest BCUT2D eigenvalue weighted by Gasteiger charge is 2.22. The van der Waals surface area contributed by atoms with Gasteiger partial charge in [-0.2, -0.15) is 5.10 Å². The first-order valence-corrected chi connectivity index (χ1v) is 8.13. The molecule has 0 aliphatic carbocycles. The zero-order valence-electron chi connectivity index (χ0n) is 12.5. The molecule has 9 heteroatoms. The maximum atomic E-state index is 12.2. The van der Waals surface area contributed by atoms with Gasteiger partial charge < -0.3 is 4.42 Å². The molecule has 0 fully saturated rings. The number of aryl methyl sites for hydroxylation is 2. The Labute approximate surface area is 123 Å². The molecule has 2 aromatic rings. The molecule has 2 heterocycles. The van der Waals surface area contributed by atoms with Crippen molar-refractivity contribution < 1.29 is 12.8 Å². The highest BCUT2D eigenvalue weighted by molar-refractivity contribution is 7.89. The van der Waals surface area contributed by atoms with Crippen LogP contribution in [0.25, 0.3) is 0 Å². The van der Waals surface area contributed by atoms with E-state index in [0.29, 0.717) is 29.6 Å². The monoisotopic (exact) mass is 313 g/mol. The van der Waals surface area contributed by atoms with Gasteiger partial charge in [-0.15, -0.1) is 10.2 Å². The summed E-state index contributed by atoms with van der Waals surface area (Å²) in [4.78, 5) is 0.191. The average Bonchev–Trinajstić information content (AvgIpc) is 2.96. The van der Waals surface area contributed by atoms with E-state index in [1.165, 1.54) is 0 Å². The van der Waals surface area contributed by atoms with Crippen molar-refractivity contribution in [2.45, 2.75) is 44.9 Å². The third kappa shape index (κ3) is 3.48. The molecule has 2 rings (SSSR count). The molecule has 0 bridgehead atoms. The van der Waals surface area contributed by atoms with E-state index >= 15 is 0 Å². The summed E-state index contributed by atoms with van der Waals surface area (Å²) < 4.78 is 32.3. The maximum absolute atomic E-state index is 12.2. The number of sulfonamides is 1. The second-order valence-electron chi connectivity index (χ2n) is 5.10. The Morgan fingerprint density at radius 1 is 1.29 bits per heavy atom. The van der Waals surface area contributed by atoms with Gasteiger partial charge in [0.05, 0.1) is 11.4 Å². The van der Waals surface area contributed by atoms with E-state index in [2.05, 4.69) is 25.1 Å². The minimum Gasteiger partial charge on any atom is -0.425 e. The van der Waals surface area contributed by atoms with Gasteiger partial charge in [-0.1, -0.05) is 13.8 Å². The van der Waals surface area contributed by atoms with E-state index in [1.807, 2.05) is 13.8 Å². The molecule has 2 N–H and O–H groups in total. The van der Waals surface area contributed by atoms with Crippen LogP contribution in [0.5, 0.6) is 0 Å². The predicted molar refractivity (Wildman–Crippen MR) is 75.3 cm³/mol. The van der Waals surface area contributed by atoms with Gasteiger partial charge >= 0.3 is 0 Å². The van der Waals surface area contributed by atoms with Gasteiger partial charge in [-0.25, -0.2) is 13.1 Å². The molecule has 0 aliphatic rings. The molecule has 0 aliphatic heterocycles. The fraction of sp³-hybridized carbons (Fsp3) is 0.583. The minimum absolute atomic E-state index is 0.152. The number of hydrogen-bond donors (Lipinski definition) is 2. The van der Waals surface area contributed by atoms with Crippen LogP contribution >= 0.6 is 0 Å². The zero-order valence-corrected chi connectivity index (χ0v) is 13.3. The largest absolute Gasteiger partial charge is 0.425 e. The van der Waals surface area contributed by atoms with Gasteiger partial charge in [0.2, 0.25) is 21.8 Å². The first-order valence-electron chi connectivity index (χ1n) is 6.64. The molecule has 0 saturated heterocycles. The van der Waals surface area contributed by atoms with Crippen LogP contribution in [0.4, 0.5) is 0 Å². The highest BCUT2D eigenvalue weighted by atomic mass is 32.2. The molecule has 0 radical (unpaired) electrons. The molecule has 0 saturated carbocycles. The standard InChI is InChI=1S/C12H19N5O3S/c1-7(2)12-17-16-10(20-12)5-6-13-21(18,19)11-8(3)14-15-9(11)4/h7,13H,5-6H2,1-4H3,(H,14,15). The summed E-state index contributed by atoms with van der Waals surface area (Å²) in [5.41, 5.74) is 0.958. The molecular formula is C12H19N5O3S. The Bertz CT molecular complexity index is 698. The number of aromatic nitrogens is 4. The summed E-state index contributed by atoms with van der Waals surface area (Å²) in [5.74, 6) is 1.12. The van der Waals surface area contributed by atoms with Crippen LogP contribution < -0.4 is 4.72 Å². The Morgan fingerprint density at radius 2 is 2.00 bits per heavy atom. The summed E-state index contributed by atoms with van der Waals surface area (Å²) >= 11 is 0. The summed E-state index contributed by atoms with van der Waals surface area (Å²) in [5, 5.41) is 14.3. The van der Waals surface area contributed by atoms with Gasteiger partial charge in [-0.05, 0) is 13.8 Å². The third-order valence-corrected chi connectivity index (χ3v) is 4.66. The quantitative estimate of drug-likeness (QED) is 0.824. The Balaban J connectivity index is 1.99. The van der Waals surface area contributed by atoms with Crippen LogP contribution in [0.2, 0.25) is 0 Å². The number of rotatable bonds is 6. The lowest BCUT2D eigenvalue weighted by Gasteiger charge is -2.05. The van der Waals surface area contributed by atoms with Gasteiger partial charge in [0.25, 0.3) is 0 Å². The van der Waals surface area contributed by atoms with Gasteiger partial charge in [0.1, 0.15) is 4.90 Å². The van der Waals surface area contributed by atoms with E-state index < -0.39 is 10.0 Å². The summed E-state index contributed by atoms with van der Waals surface area (Å²) in [7, 11) is -3.59. The number of H-pyrrole nitrogens is 1. The molecule has 0 atom stereocenters. The normalized spacial score (nSPS) is 12.2. The van der Waals surface area contributed by atoms with Crippen molar-refractivity contribution in [2.75, 3.05) is 6.54 Å². The summed E-state index contributed by atoms with van der Waals surface area (Å²) in [6.07, 6.45) is 0.342. The van der Waals surface area contributed by atoms with Crippen molar-refractivity contribution >= 4 is 10.0 Å². The van der Waals surface area contributed by atoms with E-state index in [0.717, 1.165) is 0 Å². The van der Waals surface area contributed by atoms with Crippen LogP contribution in [-0.2, 0) is 16.4 Å². The third-order valence-electron chi connectivity index (χ3n) is 2.94. The number of aromatic amines is 1. The van der Waals surface area contributed by atoms with Crippen molar-refractivity contribution in [2.24, 2.45) is 0 Å². The predicted octanol–water partition coefficient (Wildman–Crippen LogP) is 1.05. The van der Waals surface area contributed by atoms with Crippen LogP contribution in [-0.4, -0.2) is 35.4 Å². The molecule has 0 unspecified atom stereocenters. The molecule has 8 nitrogen and oxygen atoms in total. The maximum Gasteiger partial charge on any atom is 0.244 e. The van der Waals surface area contributed by atoms with E-state index in [-0.39, 0.29) is 17.4 Å². The Kier molecular flexibility index (Phi) is 4.43. The number of nitrogens with zero attached hydrogens (tertiary/aromatic N) is 3. The Hall–Kier alpha value is -1.74. The van der Waals surface area contributed by atoms with Crippen LogP contribution in [0, 0.1) is 13.8 Å². The fourth-order valence-electron chi connectivity index (χ4n) is 1.90. The van der Waals surface area contributed by atoms with E-state index in [4.69, 9.17) is 4.42 Å². The molecule has 0 spiro atoms. The second-order valence-corrected chi connectivity index (χ2v) is 6.80. The summed E-state index contributed by atoms with van der Waals surface area (Å²) in [6.45, 7) is 7.40. The van der Waals surface area contributed by atoms with Crippen LogP contribution in [0.3, 0.4) is 0 Å². The van der Waals surface area contributed by atoms with Crippen LogP contribution in [0.1, 0.15) is 42.9 Å². The van der Waals surface area contributed by atoms with Crippen molar-refractivity contribution in [1.82, 2.24) is 25.1 Å². The number of hydrogen-bond acceptors (Lipinski definition) is 6. The topological polar surface area (TPSA) is 114 Å². The summed E-state index contributed by atoms with van der Waals surface area (Å²) in [6, 6.07) is 0. The lowest BCUT2D eigenvalue weighted by Crippen LogP contribution is -2.27. The van der Waals surface area contributed by atoms with E-state index in [9.17, 15) is 8.42 Å². The van der Waals surface area contributed by atoms with Crippen molar-refractivity contribution in [1.29, 1.82) is 0 Å². The molecule has 116 valence electrons. The minimum atomic E-state index is -3.59. The van der Waals surface area contributed by atoms with Gasteiger partial charge in [0, 0.05) is 18.9 Å². The molecular weight excluding hydrogens is 294 g/mol. The first kappa shape index (κ1) is 15.6. The molecule has 2 aromatic heterocycles. The molecule has 0 aromatic carbocycles. The SMILES string of the molecule is Cc1n[nH]c(C)c1S(=O)(=O)NCCc1nnc(C(C)C)o1. The fourth-order valence-corrected chi connectivity index (χ4v) is 3.30.